The van der Waals surface area contributed by atoms with E-state index in [1.54, 1.807) is 24.3 Å². The van der Waals surface area contributed by atoms with Gasteiger partial charge in [-0.05, 0) is 40.8 Å². The van der Waals surface area contributed by atoms with Crippen molar-refractivity contribution < 1.29 is 14.4 Å². The number of aromatic nitrogens is 1. The summed E-state index contributed by atoms with van der Waals surface area (Å²) in [6.07, 6.45) is 0. The van der Waals surface area contributed by atoms with Gasteiger partial charge in [-0.25, -0.2) is 4.79 Å². The quantitative estimate of drug-likeness (QED) is 0.730. The summed E-state index contributed by atoms with van der Waals surface area (Å²) in [5.74, 6) is -0.200. The molecule has 0 aliphatic carbocycles. The zero-order valence-electron chi connectivity index (χ0n) is 14.0. The van der Waals surface area contributed by atoms with Crippen molar-refractivity contribution in [2.75, 3.05) is 11.9 Å². The van der Waals surface area contributed by atoms with Gasteiger partial charge < -0.3 is 14.9 Å². The highest BCUT2D eigenvalue weighted by molar-refractivity contribution is 5.92. The third kappa shape index (κ3) is 3.40. The molecule has 124 valence electrons. The lowest BCUT2D eigenvalue weighted by molar-refractivity contribution is 0.0697. The fraction of sp³-hybridized carbons (Fsp3) is 0.263. The Balaban J connectivity index is 1.93. The number of carbonyl (C=O) groups is 1. The number of hydrogen-bond acceptors (Lipinski definition) is 4. The van der Waals surface area contributed by atoms with Crippen LogP contribution in [0.1, 0.15) is 31.1 Å². The van der Waals surface area contributed by atoms with Crippen LogP contribution in [0.3, 0.4) is 0 Å². The van der Waals surface area contributed by atoms with Crippen LogP contribution in [0.25, 0.3) is 22.1 Å². The van der Waals surface area contributed by atoms with E-state index in [1.165, 1.54) is 0 Å². The van der Waals surface area contributed by atoms with Gasteiger partial charge in [0.05, 0.1) is 10.9 Å². The Bertz CT molecular complexity index is 874. The van der Waals surface area contributed by atoms with Crippen molar-refractivity contribution in [3.05, 3.63) is 48.0 Å². The zero-order valence-corrected chi connectivity index (χ0v) is 14.0. The van der Waals surface area contributed by atoms with E-state index in [0.29, 0.717) is 0 Å². The molecule has 0 saturated heterocycles. The summed E-state index contributed by atoms with van der Waals surface area (Å²) in [5, 5.41) is 17.3. The molecule has 5 heteroatoms. The Labute approximate surface area is 140 Å². The molecular weight excluding hydrogens is 304 g/mol. The van der Waals surface area contributed by atoms with Crippen LogP contribution >= 0.6 is 0 Å². The van der Waals surface area contributed by atoms with Crippen LogP contribution in [0, 0.1) is 5.41 Å². The van der Waals surface area contributed by atoms with Crippen molar-refractivity contribution in [2.24, 2.45) is 5.41 Å². The summed E-state index contributed by atoms with van der Waals surface area (Å²) in [7, 11) is 0. The minimum Gasteiger partial charge on any atom is -0.478 e. The van der Waals surface area contributed by atoms with Gasteiger partial charge in [-0.3, -0.25) is 0 Å². The molecule has 3 rings (SSSR count). The first-order valence-corrected chi connectivity index (χ1v) is 7.80. The minimum absolute atomic E-state index is 0.134. The first kappa shape index (κ1) is 16.1. The van der Waals surface area contributed by atoms with Crippen LogP contribution in [0.2, 0.25) is 0 Å². The second kappa shape index (κ2) is 6.00. The lowest BCUT2D eigenvalue weighted by Gasteiger charge is -2.18. The zero-order chi connectivity index (χ0) is 17.3. The van der Waals surface area contributed by atoms with Crippen LogP contribution in [-0.4, -0.2) is 22.8 Å². The average molecular weight is 324 g/mol. The molecule has 0 aliphatic rings. The highest BCUT2D eigenvalue weighted by Crippen LogP contribution is 2.29. The van der Waals surface area contributed by atoms with Gasteiger partial charge in [0, 0.05) is 6.54 Å². The average Bonchev–Trinajstić information content (AvgIpc) is 2.94. The summed E-state index contributed by atoms with van der Waals surface area (Å²) in [4.78, 5) is 11.0. The highest BCUT2D eigenvalue weighted by atomic mass is 16.5. The number of aromatic carboxylic acids is 1. The molecule has 2 aromatic carbocycles. The first-order chi connectivity index (χ1) is 11.3. The van der Waals surface area contributed by atoms with Gasteiger partial charge in [0.1, 0.15) is 0 Å². The molecule has 0 fully saturated rings. The predicted molar refractivity (Wildman–Crippen MR) is 94.3 cm³/mol. The van der Waals surface area contributed by atoms with Crippen LogP contribution < -0.4 is 5.32 Å². The number of carboxylic acid groups (broad SMARTS) is 1. The monoisotopic (exact) mass is 324 g/mol. The molecule has 0 aliphatic heterocycles. The van der Waals surface area contributed by atoms with Crippen molar-refractivity contribution in [3.63, 3.8) is 0 Å². The van der Waals surface area contributed by atoms with Crippen LogP contribution in [0.4, 0.5) is 5.82 Å². The van der Waals surface area contributed by atoms with E-state index in [4.69, 9.17) is 9.63 Å². The molecule has 0 radical (unpaired) electrons. The van der Waals surface area contributed by atoms with E-state index in [9.17, 15) is 4.79 Å². The number of fused-ring (bicyclic) bond motifs is 1. The van der Waals surface area contributed by atoms with Gasteiger partial charge in [-0.2, -0.15) is 0 Å². The summed E-state index contributed by atoms with van der Waals surface area (Å²) in [6.45, 7) is 7.24. The summed E-state index contributed by atoms with van der Waals surface area (Å²) >= 11 is 0. The Kier molecular flexibility index (Phi) is 4.01. The Morgan fingerprint density at radius 2 is 1.79 bits per heavy atom. The van der Waals surface area contributed by atoms with Gasteiger partial charge in [0.15, 0.2) is 11.4 Å². The Morgan fingerprint density at radius 1 is 1.12 bits per heavy atom. The topological polar surface area (TPSA) is 75.4 Å². The fourth-order valence-corrected chi connectivity index (χ4v) is 2.40. The van der Waals surface area contributed by atoms with Crippen molar-refractivity contribution in [2.45, 2.75) is 20.8 Å². The Morgan fingerprint density at radius 3 is 2.42 bits per heavy atom. The molecule has 0 spiro atoms. The molecule has 0 unspecified atom stereocenters. The van der Waals surface area contributed by atoms with E-state index in [0.717, 1.165) is 34.5 Å². The van der Waals surface area contributed by atoms with Crippen molar-refractivity contribution in [1.29, 1.82) is 0 Å². The maximum absolute atomic E-state index is 11.0. The largest absolute Gasteiger partial charge is 0.478 e. The molecule has 2 N–H and O–H groups in total. The second-order valence-electron chi connectivity index (χ2n) is 7.04. The SMILES string of the molecule is CC(C)(C)CNc1noc2ccc(-c3ccc(C(=O)O)cc3)cc12. The summed E-state index contributed by atoms with van der Waals surface area (Å²) in [5.41, 5.74) is 3.07. The number of carboxylic acids is 1. The number of nitrogens with one attached hydrogen (secondary N) is 1. The summed E-state index contributed by atoms with van der Waals surface area (Å²) < 4.78 is 5.37. The van der Waals surface area contributed by atoms with Gasteiger partial charge in [0.25, 0.3) is 0 Å². The van der Waals surface area contributed by atoms with Crippen LogP contribution in [0.5, 0.6) is 0 Å². The molecule has 3 aromatic rings. The maximum Gasteiger partial charge on any atom is 0.335 e. The van der Waals surface area contributed by atoms with Crippen molar-refractivity contribution >= 4 is 22.8 Å². The molecular formula is C19H20N2O3. The highest BCUT2D eigenvalue weighted by Gasteiger charge is 2.14. The van der Waals surface area contributed by atoms with E-state index >= 15 is 0 Å². The van der Waals surface area contributed by atoms with Crippen LogP contribution in [-0.2, 0) is 0 Å². The standard InChI is InChI=1S/C19H20N2O3/c1-19(2,3)11-20-17-15-10-14(8-9-16(15)24-21-17)12-4-6-13(7-5-12)18(22)23/h4-10H,11H2,1-3H3,(H,20,21)(H,22,23). The summed E-state index contributed by atoms with van der Waals surface area (Å²) in [6, 6.07) is 12.7. The predicted octanol–water partition coefficient (Wildman–Crippen LogP) is 4.65. The number of hydrogen-bond donors (Lipinski definition) is 2. The number of benzene rings is 2. The van der Waals surface area contributed by atoms with E-state index in [1.807, 2.05) is 18.2 Å². The van der Waals surface area contributed by atoms with Gasteiger partial charge in [-0.1, -0.05) is 44.1 Å². The van der Waals surface area contributed by atoms with E-state index in [2.05, 4.69) is 31.2 Å². The molecule has 0 saturated carbocycles. The minimum atomic E-state index is -0.926. The van der Waals surface area contributed by atoms with Gasteiger partial charge in [-0.15, -0.1) is 0 Å². The lowest BCUT2D eigenvalue weighted by Crippen LogP contribution is -2.19. The maximum atomic E-state index is 11.0. The molecule has 0 amide bonds. The molecule has 0 atom stereocenters. The lowest BCUT2D eigenvalue weighted by atomic mass is 9.97. The van der Waals surface area contributed by atoms with E-state index in [-0.39, 0.29) is 11.0 Å². The molecule has 24 heavy (non-hydrogen) atoms. The van der Waals surface area contributed by atoms with Gasteiger partial charge in [0.2, 0.25) is 0 Å². The second-order valence-corrected chi connectivity index (χ2v) is 7.04. The molecule has 5 nitrogen and oxygen atoms in total. The third-order valence-corrected chi connectivity index (χ3v) is 3.72. The van der Waals surface area contributed by atoms with Crippen molar-refractivity contribution in [1.82, 2.24) is 5.16 Å². The van der Waals surface area contributed by atoms with E-state index < -0.39 is 5.97 Å². The third-order valence-electron chi connectivity index (χ3n) is 3.72. The van der Waals surface area contributed by atoms with Gasteiger partial charge >= 0.3 is 5.97 Å². The van der Waals surface area contributed by atoms with Crippen LogP contribution in [0.15, 0.2) is 47.0 Å². The first-order valence-electron chi connectivity index (χ1n) is 7.80. The molecule has 1 heterocycles. The fourth-order valence-electron chi connectivity index (χ4n) is 2.40. The van der Waals surface area contributed by atoms with Crippen molar-refractivity contribution in [3.8, 4) is 11.1 Å². The normalized spacial score (nSPS) is 11.6. The molecule has 0 bridgehead atoms. The smallest absolute Gasteiger partial charge is 0.335 e. The number of anilines is 1. The number of rotatable bonds is 4. The molecule has 1 aromatic heterocycles. The number of nitrogens with zero attached hydrogens (tertiary/aromatic N) is 1. The Hall–Kier alpha value is -2.82.